The summed E-state index contributed by atoms with van der Waals surface area (Å²) < 4.78 is 4.48. The molecule has 0 heterocycles. The summed E-state index contributed by atoms with van der Waals surface area (Å²) in [4.78, 5) is 20.8. The molecule has 1 radical (unpaired) electrons. The molecule has 0 aromatic carbocycles. The number of esters is 1. The Morgan fingerprint density at radius 2 is 2.09 bits per heavy atom. The molecule has 63 valence electrons. The van der Waals surface area contributed by atoms with Crippen molar-refractivity contribution in [1.29, 1.82) is 0 Å². The molecule has 0 bridgehead atoms. The first kappa shape index (κ1) is 9.90. The molecule has 0 rings (SSSR count). The first-order chi connectivity index (χ1) is 5.20. The minimum Gasteiger partial charge on any atom is -0.465 e. The number of amides is 1. The third kappa shape index (κ3) is 5.35. The van der Waals surface area contributed by atoms with Crippen LogP contribution in [-0.2, 0) is 19.4 Å². The molecule has 0 saturated carbocycles. The van der Waals surface area contributed by atoms with E-state index in [1.165, 1.54) is 0 Å². The molecule has 0 spiro atoms. The van der Waals surface area contributed by atoms with Crippen LogP contribution in [-0.4, -0.2) is 31.6 Å². The zero-order valence-corrected chi connectivity index (χ0v) is 6.25. The molecule has 0 saturated heterocycles. The number of carbonyl (C=O) groups excluding carboxylic acids is 2. The van der Waals surface area contributed by atoms with E-state index >= 15 is 0 Å². The Morgan fingerprint density at radius 1 is 1.45 bits per heavy atom. The van der Waals surface area contributed by atoms with E-state index in [4.69, 9.17) is 0 Å². The SMILES string of the molecule is CCOC(=O)CNC(=O)C[O]. The molecule has 1 amide bonds. The molecular weight excluding hydrogens is 150 g/mol. The van der Waals surface area contributed by atoms with Gasteiger partial charge in [0.15, 0.2) is 6.61 Å². The van der Waals surface area contributed by atoms with Crippen LogP contribution < -0.4 is 5.32 Å². The summed E-state index contributed by atoms with van der Waals surface area (Å²) in [6.45, 7) is 0.841. The molecule has 0 aromatic heterocycles. The maximum Gasteiger partial charge on any atom is 0.325 e. The molecular formula is C6H10NO4. The fourth-order valence-corrected chi connectivity index (χ4v) is 0.434. The summed E-state index contributed by atoms with van der Waals surface area (Å²) in [7, 11) is 0. The Balaban J connectivity index is 3.38. The highest BCUT2D eigenvalue weighted by Crippen LogP contribution is 1.74. The van der Waals surface area contributed by atoms with Gasteiger partial charge in [-0.2, -0.15) is 0 Å². The molecule has 0 atom stereocenters. The molecule has 0 aromatic rings. The Hall–Kier alpha value is -1.10. The Morgan fingerprint density at radius 3 is 2.55 bits per heavy atom. The van der Waals surface area contributed by atoms with Gasteiger partial charge in [0.05, 0.1) is 6.61 Å². The van der Waals surface area contributed by atoms with E-state index < -0.39 is 18.5 Å². The summed E-state index contributed by atoms with van der Waals surface area (Å²) in [5.41, 5.74) is 0. The van der Waals surface area contributed by atoms with E-state index in [1.54, 1.807) is 6.92 Å². The second-order valence-electron chi connectivity index (χ2n) is 1.73. The van der Waals surface area contributed by atoms with Gasteiger partial charge in [-0.05, 0) is 6.92 Å². The van der Waals surface area contributed by atoms with E-state index in [0.717, 1.165) is 0 Å². The number of hydrogen-bond acceptors (Lipinski definition) is 3. The van der Waals surface area contributed by atoms with Gasteiger partial charge in [0, 0.05) is 0 Å². The van der Waals surface area contributed by atoms with Crippen molar-refractivity contribution < 1.29 is 19.4 Å². The molecule has 0 fully saturated rings. The van der Waals surface area contributed by atoms with Gasteiger partial charge in [0.2, 0.25) is 5.91 Å². The predicted octanol–water partition coefficient (Wildman–Crippen LogP) is -0.904. The van der Waals surface area contributed by atoms with Crippen LogP contribution in [0.2, 0.25) is 0 Å². The lowest BCUT2D eigenvalue weighted by molar-refractivity contribution is -0.143. The van der Waals surface area contributed by atoms with E-state index in [2.05, 4.69) is 10.1 Å². The van der Waals surface area contributed by atoms with E-state index in [-0.39, 0.29) is 13.2 Å². The average molecular weight is 160 g/mol. The maximum absolute atomic E-state index is 10.5. The smallest absolute Gasteiger partial charge is 0.325 e. The lowest BCUT2D eigenvalue weighted by Crippen LogP contribution is -2.32. The molecule has 5 heteroatoms. The van der Waals surface area contributed by atoms with E-state index in [0.29, 0.717) is 0 Å². The normalized spacial score (nSPS) is 8.91. The Labute approximate surface area is 64.3 Å². The van der Waals surface area contributed by atoms with Gasteiger partial charge in [0.1, 0.15) is 6.54 Å². The summed E-state index contributed by atoms with van der Waals surface area (Å²) in [6.07, 6.45) is 0. The minimum atomic E-state index is -0.862. The highest BCUT2D eigenvalue weighted by atomic mass is 16.5. The average Bonchev–Trinajstić information content (AvgIpc) is 2.01. The van der Waals surface area contributed by atoms with Crippen molar-refractivity contribution in [2.24, 2.45) is 0 Å². The van der Waals surface area contributed by atoms with Gasteiger partial charge in [-0.1, -0.05) is 0 Å². The zero-order valence-electron chi connectivity index (χ0n) is 6.25. The summed E-state index contributed by atoms with van der Waals surface area (Å²) in [5.74, 6) is -1.23. The Bertz CT molecular complexity index is 146. The van der Waals surface area contributed by atoms with Gasteiger partial charge < -0.3 is 10.1 Å². The standard InChI is InChI=1S/C6H10NO4/c1-2-11-6(10)3-7-5(9)4-8/h2-4H2,1H3,(H,7,9). The van der Waals surface area contributed by atoms with Crippen LogP contribution in [0.3, 0.4) is 0 Å². The summed E-state index contributed by atoms with van der Waals surface area (Å²) >= 11 is 0. The minimum absolute atomic E-state index is 0.227. The van der Waals surface area contributed by atoms with E-state index in [9.17, 15) is 14.7 Å². The molecule has 1 N–H and O–H groups in total. The van der Waals surface area contributed by atoms with Crippen LogP contribution >= 0.6 is 0 Å². The van der Waals surface area contributed by atoms with Crippen molar-refractivity contribution in [2.75, 3.05) is 19.8 Å². The Kier molecular flexibility index (Phi) is 5.10. The van der Waals surface area contributed by atoms with Gasteiger partial charge in [-0.3, -0.25) is 9.59 Å². The van der Waals surface area contributed by atoms with Crippen molar-refractivity contribution in [3.8, 4) is 0 Å². The van der Waals surface area contributed by atoms with Crippen LogP contribution in [0.15, 0.2) is 0 Å². The molecule has 0 unspecified atom stereocenters. The van der Waals surface area contributed by atoms with Crippen LogP contribution in [0.5, 0.6) is 0 Å². The zero-order chi connectivity index (χ0) is 8.69. The fraction of sp³-hybridized carbons (Fsp3) is 0.667. The lowest BCUT2D eigenvalue weighted by Gasteiger charge is -2.01. The van der Waals surface area contributed by atoms with Gasteiger partial charge in [0.25, 0.3) is 0 Å². The number of rotatable bonds is 4. The number of carbonyl (C=O) groups is 2. The van der Waals surface area contributed by atoms with Crippen LogP contribution in [0.25, 0.3) is 0 Å². The number of hydrogen-bond donors (Lipinski definition) is 1. The summed E-state index contributed by atoms with van der Waals surface area (Å²) in [5, 5.41) is 11.9. The highest BCUT2D eigenvalue weighted by Gasteiger charge is 2.03. The van der Waals surface area contributed by atoms with Gasteiger partial charge in [-0.15, -0.1) is 0 Å². The van der Waals surface area contributed by atoms with Gasteiger partial charge >= 0.3 is 5.97 Å². The van der Waals surface area contributed by atoms with Gasteiger partial charge in [-0.25, -0.2) is 5.11 Å². The first-order valence-corrected chi connectivity index (χ1v) is 3.21. The van der Waals surface area contributed by atoms with Crippen molar-refractivity contribution in [3.05, 3.63) is 0 Å². The third-order valence-corrected chi connectivity index (χ3v) is 0.866. The monoisotopic (exact) mass is 160 g/mol. The molecule has 11 heavy (non-hydrogen) atoms. The lowest BCUT2D eigenvalue weighted by atomic mass is 10.6. The summed E-state index contributed by atoms with van der Waals surface area (Å²) in [6, 6.07) is 0. The molecule has 5 nitrogen and oxygen atoms in total. The first-order valence-electron chi connectivity index (χ1n) is 3.21. The third-order valence-electron chi connectivity index (χ3n) is 0.866. The highest BCUT2D eigenvalue weighted by molar-refractivity contribution is 5.82. The van der Waals surface area contributed by atoms with Crippen LogP contribution in [0.4, 0.5) is 0 Å². The fourth-order valence-electron chi connectivity index (χ4n) is 0.434. The molecule has 0 aliphatic heterocycles. The molecule has 0 aliphatic rings. The number of ether oxygens (including phenoxy) is 1. The van der Waals surface area contributed by atoms with Crippen molar-refractivity contribution in [2.45, 2.75) is 6.92 Å². The van der Waals surface area contributed by atoms with Crippen LogP contribution in [0.1, 0.15) is 6.92 Å². The predicted molar refractivity (Wildman–Crippen MR) is 35.2 cm³/mol. The second kappa shape index (κ2) is 5.67. The second-order valence-corrected chi connectivity index (χ2v) is 1.73. The largest absolute Gasteiger partial charge is 0.465 e. The topological polar surface area (TPSA) is 75.3 Å². The van der Waals surface area contributed by atoms with Crippen molar-refractivity contribution >= 4 is 11.9 Å². The molecule has 0 aliphatic carbocycles. The quantitative estimate of drug-likeness (QED) is 0.541. The number of nitrogens with one attached hydrogen (secondary N) is 1. The van der Waals surface area contributed by atoms with Crippen molar-refractivity contribution in [1.82, 2.24) is 5.32 Å². The van der Waals surface area contributed by atoms with Crippen LogP contribution in [0, 0.1) is 0 Å². The van der Waals surface area contributed by atoms with E-state index in [1.807, 2.05) is 0 Å². The maximum atomic E-state index is 10.5. The van der Waals surface area contributed by atoms with Crippen molar-refractivity contribution in [3.63, 3.8) is 0 Å².